The van der Waals surface area contributed by atoms with Gasteiger partial charge in [0, 0.05) is 10.6 Å². The van der Waals surface area contributed by atoms with Gasteiger partial charge in [-0.3, -0.25) is 4.21 Å². The zero-order valence-electron chi connectivity index (χ0n) is 9.10. The van der Waals surface area contributed by atoms with Gasteiger partial charge in [-0.25, -0.2) is 4.39 Å². The second-order valence-corrected chi connectivity index (χ2v) is 5.10. The summed E-state index contributed by atoms with van der Waals surface area (Å²) in [5.74, 6) is -0.0763. The largest absolute Gasteiger partial charge is 0.398 e. The first kappa shape index (κ1) is 11.8. The zero-order valence-corrected chi connectivity index (χ0v) is 9.91. The molecular weight excluding hydrogens is 237 g/mol. The van der Waals surface area contributed by atoms with Crippen molar-refractivity contribution in [3.63, 3.8) is 0 Å². The lowest BCUT2D eigenvalue weighted by Gasteiger charge is -2.05. The molecule has 2 aromatic carbocycles. The van der Waals surface area contributed by atoms with Crippen molar-refractivity contribution in [1.82, 2.24) is 0 Å². The molecule has 0 saturated heterocycles. The predicted octanol–water partition coefficient (Wildman–Crippen LogP) is 2.72. The highest BCUT2D eigenvalue weighted by Gasteiger charge is 2.07. The maximum atomic E-state index is 12.9. The van der Waals surface area contributed by atoms with E-state index in [9.17, 15) is 8.60 Å². The smallest absolute Gasteiger partial charge is 0.125 e. The third-order valence-electron chi connectivity index (χ3n) is 2.40. The Morgan fingerprint density at radius 1 is 1.12 bits per heavy atom. The van der Waals surface area contributed by atoms with Crippen LogP contribution in [0.15, 0.2) is 53.4 Å². The van der Waals surface area contributed by atoms with Crippen molar-refractivity contribution >= 4 is 16.5 Å². The topological polar surface area (TPSA) is 43.1 Å². The second-order valence-electron chi connectivity index (χ2n) is 3.65. The number of nitrogen functional groups attached to an aromatic ring is 1. The van der Waals surface area contributed by atoms with E-state index in [4.69, 9.17) is 5.73 Å². The average Bonchev–Trinajstić information content (AvgIpc) is 2.34. The van der Waals surface area contributed by atoms with Crippen LogP contribution in [0, 0.1) is 5.82 Å². The molecule has 0 bridgehead atoms. The van der Waals surface area contributed by atoms with Crippen molar-refractivity contribution in [3.8, 4) is 0 Å². The minimum absolute atomic E-state index is 0.302. The quantitative estimate of drug-likeness (QED) is 0.850. The fourth-order valence-electron chi connectivity index (χ4n) is 1.49. The van der Waals surface area contributed by atoms with Crippen LogP contribution in [0.25, 0.3) is 0 Å². The number of rotatable bonds is 3. The molecule has 0 aliphatic carbocycles. The van der Waals surface area contributed by atoms with Gasteiger partial charge in [-0.15, -0.1) is 0 Å². The molecule has 17 heavy (non-hydrogen) atoms. The van der Waals surface area contributed by atoms with E-state index in [1.807, 2.05) is 18.2 Å². The van der Waals surface area contributed by atoms with Crippen LogP contribution in [-0.4, -0.2) is 4.21 Å². The van der Waals surface area contributed by atoms with Gasteiger partial charge >= 0.3 is 0 Å². The summed E-state index contributed by atoms with van der Waals surface area (Å²) < 4.78 is 24.9. The number of benzene rings is 2. The van der Waals surface area contributed by atoms with Crippen LogP contribution in [0.3, 0.4) is 0 Å². The minimum atomic E-state index is -1.15. The van der Waals surface area contributed by atoms with E-state index >= 15 is 0 Å². The van der Waals surface area contributed by atoms with Gasteiger partial charge in [-0.2, -0.15) is 0 Å². The van der Waals surface area contributed by atoms with Crippen molar-refractivity contribution < 1.29 is 8.60 Å². The van der Waals surface area contributed by atoms with Gasteiger partial charge in [0.25, 0.3) is 0 Å². The van der Waals surface area contributed by atoms with Crippen LogP contribution >= 0.6 is 0 Å². The highest BCUT2D eigenvalue weighted by atomic mass is 32.2. The van der Waals surface area contributed by atoms with Crippen molar-refractivity contribution in [2.75, 3.05) is 5.73 Å². The Balaban J connectivity index is 2.19. The molecule has 0 aliphatic heterocycles. The van der Waals surface area contributed by atoms with Crippen LogP contribution < -0.4 is 5.73 Å². The Morgan fingerprint density at radius 3 is 2.47 bits per heavy atom. The summed E-state index contributed by atoms with van der Waals surface area (Å²) in [6.07, 6.45) is 0. The van der Waals surface area contributed by atoms with Crippen LogP contribution in [0.5, 0.6) is 0 Å². The molecular formula is C13H12FNOS. The van der Waals surface area contributed by atoms with Crippen molar-refractivity contribution in [2.24, 2.45) is 0 Å². The molecule has 2 rings (SSSR count). The first-order chi connectivity index (χ1) is 8.16. The van der Waals surface area contributed by atoms with Crippen LogP contribution in [0.1, 0.15) is 5.56 Å². The summed E-state index contributed by atoms with van der Waals surface area (Å²) in [7, 11) is -1.15. The zero-order chi connectivity index (χ0) is 12.3. The summed E-state index contributed by atoms with van der Waals surface area (Å²) in [6, 6.07) is 13.3. The molecule has 2 nitrogen and oxygen atoms in total. The minimum Gasteiger partial charge on any atom is -0.398 e. The molecule has 2 N–H and O–H groups in total. The molecule has 0 aromatic heterocycles. The summed E-state index contributed by atoms with van der Waals surface area (Å²) in [5, 5.41) is 0. The van der Waals surface area contributed by atoms with Crippen molar-refractivity contribution in [2.45, 2.75) is 10.6 Å². The van der Waals surface area contributed by atoms with E-state index in [2.05, 4.69) is 0 Å². The van der Waals surface area contributed by atoms with Crippen molar-refractivity contribution in [1.29, 1.82) is 0 Å². The predicted molar refractivity (Wildman–Crippen MR) is 67.4 cm³/mol. The summed E-state index contributed by atoms with van der Waals surface area (Å²) in [5.41, 5.74) is 6.72. The lowest BCUT2D eigenvalue weighted by molar-refractivity contribution is 0.628. The lowest BCUT2D eigenvalue weighted by Crippen LogP contribution is -2.00. The van der Waals surface area contributed by atoms with Crippen molar-refractivity contribution in [3.05, 3.63) is 59.9 Å². The maximum Gasteiger partial charge on any atom is 0.125 e. The molecule has 0 aliphatic rings. The Labute approximate surface area is 102 Å². The van der Waals surface area contributed by atoms with E-state index in [0.29, 0.717) is 17.0 Å². The molecule has 1 unspecified atom stereocenters. The lowest BCUT2D eigenvalue weighted by atomic mass is 10.2. The molecule has 0 radical (unpaired) electrons. The molecule has 2 aromatic rings. The van der Waals surface area contributed by atoms with Gasteiger partial charge in [0.1, 0.15) is 5.82 Å². The Hall–Kier alpha value is -1.68. The molecule has 0 amide bonds. The summed E-state index contributed by atoms with van der Waals surface area (Å²) >= 11 is 0. The first-order valence-electron chi connectivity index (χ1n) is 5.14. The highest BCUT2D eigenvalue weighted by molar-refractivity contribution is 7.84. The molecule has 0 fully saturated rings. The summed E-state index contributed by atoms with van der Waals surface area (Å²) in [6.45, 7) is 0. The van der Waals surface area contributed by atoms with E-state index in [-0.39, 0.29) is 5.82 Å². The standard InChI is InChI=1S/C13H12FNOS/c14-11-7-6-10(13(15)8-11)9-17(16)12-4-2-1-3-5-12/h1-8H,9,15H2. The first-order valence-corrected chi connectivity index (χ1v) is 6.46. The third-order valence-corrected chi connectivity index (χ3v) is 3.77. The van der Waals surface area contributed by atoms with Gasteiger partial charge < -0.3 is 5.73 Å². The highest BCUT2D eigenvalue weighted by Crippen LogP contribution is 2.18. The van der Waals surface area contributed by atoms with E-state index in [0.717, 1.165) is 4.90 Å². The molecule has 88 valence electrons. The van der Waals surface area contributed by atoms with Gasteiger partial charge in [0.15, 0.2) is 0 Å². The molecule has 0 heterocycles. The Bertz CT molecular complexity index is 542. The van der Waals surface area contributed by atoms with E-state index < -0.39 is 10.8 Å². The van der Waals surface area contributed by atoms with Gasteiger partial charge in [0.05, 0.1) is 16.6 Å². The van der Waals surface area contributed by atoms with Crippen LogP contribution in [0.4, 0.5) is 10.1 Å². The van der Waals surface area contributed by atoms with Crippen LogP contribution in [-0.2, 0) is 16.6 Å². The number of halogens is 1. The molecule has 4 heteroatoms. The maximum absolute atomic E-state index is 12.9. The summed E-state index contributed by atoms with van der Waals surface area (Å²) in [4.78, 5) is 0.747. The van der Waals surface area contributed by atoms with Gasteiger partial charge in [-0.05, 0) is 29.8 Å². The fraction of sp³-hybridized carbons (Fsp3) is 0.0769. The van der Waals surface area contributed by atoms with E-state index in [1.165, 1.54) is 12.1 Å². The molecule has 0 spiro atoms. The molecule has 0 saturated carbocycles. The number of nitrogens with two attached hydrogens (primary N) is 1. The monoisotopic (exact) mass is 249 g/mol. The Morgan fingerprint density at radius 2 is 1.82 bits per heavy atom. The number of hydrogen-bond acceptors (Lipinski definition) is 2. The Kier molecular flexibility index (Phi) is 3.54. The van der Waals surface area contributed by atoms with E-state index in [1.54, 1.807) is 18.2 Å². The normalized spacial score (nSPS) is 12.3. The SMILES string of the molecule is Nc1cc(F)ccc1CS(=O)c1ccccc1. The van der Waals surface area contributed by atoms with Crippen LogP contribution in [0.2, 0.25) is 0 Å². The van der Waals surface area contributed by atoms with Gasteiger partial charge in [0.2, 0.25) is 0 Å². The average molecular weight is 249 g/mol. The second kappa shape index (κ2) is 5.10. The molecule has 1 atom stereocenters. The number of anilines is 1. The van der Waals surface area contributed by atoms with Gasteiger partial charge in [-0.1, -0.05) is 24.3 Å². The fourth-order valence-corrected chi connectivity index (χ4v) is 2.67. The number of hydrogen-bond donors (Lipinski definition) is 1. The third kappa shape index (κ3) is 2.91.